The molecule has 2 aromatic rings. The predicted molar refractivity (Wildman–Crippen MR) is 106 cm³/mol. The number of amides is 1. The van der Waals surface area contributed by atoms with Gasteiger partial charge in [-0.15, -0.1) is 0 Å². The Morgan fingerprint density at radius 3 is 2.25 bits per heavy atom. The van der Waals surface area contributed by atoms with Crippen molar-refractivity contribution in [2.75, 3.05) is 14.2 Å². The van der Waals surface area contributed by atoms with E-state index in [1.807, 2.05) is 0 Å². The first kappa shape index (κ1) is 21.8. The molecule has 2 rings (SSSR count). The van der Waals surface area contributed by atoms with Gasteiger partial charge in [0.1, 0.15) is 0 Å². The molecule has 0 spiro atoms. The van der Waals surface area contributed by atoms with Crippen molar-refractivity contribution in [1.82, 2.24) is 4.98 Å². The number of carbonyl (C=O) groups excluding carboxylic acids is 2. The lowest BCUT2D eigenvalue weighted by molar-refractivity contribution is -0.124. The standard InChI is InChI=1S/C19H20Cl2N2O5/c1-4-15(19(22)25)28-17-10(5-6-16(26-2)18(17)27-3)14(24)7-11-12(20)8-23-9-13(11)21/h5-6,8-9,15H,4,7H2,1-3H3,(H2,22,25). The summed E-state index contributed by atoms with van der Waals surface area (Å²) in [6, 6.07) is 3.09. The number of rotatable bonds is 9. The molecule has 0 saturated carbocycles. The second-order valence-corrected chi connectivity index (χ2v) is 6.59. The van der Waals surface area contributed by atoms with Crippen LogP contribution in [0.4, 0.5) is 0 Å². The zero-order valence-corrected chi connectivity index (χ0v) is 17.1. The molecule has 2 N–H and O–H groups in total. The van der Waals surface area contributed by atoms with Gasteiger partial charge in [-0.1, -0.05) is 30.1 Å². The first-order valence-electron chi connectivity index (χ1n) is 8.36. The zero-order valence-electron chi connectivity index (χ0n) is 15.6. The quantitative estimate of drug-likeness (QED) is 0.615. The van der Waals surface area contributed by atoms with Gasteiger partial charge in [-0.2, -0.15) is 0 Å². The first-order valence-corrected chi connectivity index (χ1v) is 9.11. The van der Waals surface area contributed by atoms with E-state index in [1.165, 1.54) is 32.7 Å². The van der Waals surface area contributed by atoms with Gasteiger partial charge in [-0.25, -0.2) is 0 Å². The number of hydrogen-bond donors (Lipinski definition) is 1. The van der Waals surface area contributed by atoms with E-state index in [-0.39, 0.29) is 39.3 Å². The van der Waals surface area contributed by atoms with Gasteiger partial charge in [0.05, 0.1) is 29.8 Å². The largest absolute Gasteiger partial charge is 0.493 e. The fourth-order valence-electron chi connectivity index (χ4n) is 2.58. The fourth-order valence-corrected chi connectivity index (χ4v) is 3.08. The van der Waals surface area contributed by atoms with Crippen LogP contribution in [0.5, 0.6) is 17.2 Å². The third-order valence-corrected chi connectivity index (χ3v) is 4.69. The second-order valence-electron chi connectivity index (χ2n) is 5.78. The maximum absolute atomic E-state index is 13.0. The Kier molecular flexibility index (Phi) is 7.48. The van der Waals surface area contributed by atoms with Crippen LogP contribution >= 0.6 is 23.2 Å². The molecule has 0 saturated heterocycles. The summed E-state index contributed by atoms with van der Waals surface area (Å²) in [5, 5.41) is 0.541. The highest BCUT2D eigenvalue weighted by Gasteiger charge is 2.26. The van der Waals surface area contributed by atoms with E-state index in [2.05, 4.69) is 4.98 Å². The number of methoxy groups -OCH3 is 2. The van der Waals surface area contributed by atoms with Gasteiger partial charge >= 0.3 is 0 Å². The van der Waals surface area contributed by atoms with Gasteiger partial charge in [-0.3, -0.25) is 14.6 Å². The molecule has 150 valence electrons. The van der Waals surface area contributed by atoms with Crippen LogP contribution in [-0.2, 0) is 11.2 Å². The molecule has 1 amide bonds. The van der Waals surface area contributed by atoms with Crippen LogP contribution in [0, 0.1) is 0 Å². The topological polar surface area (TPSA) is 101 Å². The van der Waals surface area contributed by atoms with Crippen molar-refractivity contribution in [3.05, 3.63) is 45.7 Å². The summed E-state index contributed by atoms with van der Waals surface area (Å²) in [4.78, 5) is 28.5. The van der Waals surface area contributed by atoms with E-state index in [0.29, 0.717) is 17.7 Å². The molecule has 0 aliphatic carbocycles. The fraction of sp³-hybridized carbons (Fsp3) is 0.316. The summed E-state index contributed by atoms with van der Waals surface area (Å²) in [5.41, 5.74) is 6.00. The lowest BCUT2D eigenvalue weighted by atomic mass is 10.0. The van der Waals surface area contributed by atoms with Crippen LogP contribution in [0.25, 0.3) is 0 Å². The molecule has 9 heteroatoms. The van der Waals surface area contributed by atoms with E-state index >= 15 is 0 Å². The number of nitrogens with two attached hydrogens (primary N) is 1. The number of pyridine rings is 1. The number of halogens is 2. The van der Waals surface area contributed by atoms with E-state index < -0.39 is 12.0 Å². The van der Waals surface area contributed by atoms with Crippen LogP contribution in [0.3, 0.4) is 0 Å². The molecule has 0 bridgehead atoms. The van der Waals surface area contributed by atoms with Crippen molar-refractivity contribution in [3.63, 3.8) is 0 Å². The Balaban J connectivity index is 2.53. The maximum Gasteiger partial charge on any atom is 0.258 e. The molecule has 0 radical (unpaired) electrons. The minimum absolute atomic E-state index is 0.0683. The molecule has 0 aliphatic rings. The summed E-state index contributed by atoms with van der Waals surface area (Å²) in [6.45, 7) is 1.74. The maximum atomic E-state index is 13.0. The van der Waals surface area contributed by atoms with Gasteiger partial charge in [0, 0.05) is 24.4 Å². The molecule has 1 aromatic heterocycles. The first-order chi connectivity index (χ1) is 13.3. The number of hydrogen-bond acceptors (Lipinski definition) is 6. The van der Waals surface area contributed by atoms with Crippen molar-refractivity contribution in [3.8, 4) is 17.2 Å². The number of carbonyl (C=O) groups is 2. The molecule has 1 aromatic carbocycles. The van der Waals surface area contributed by atoms with E-state index in [0.717, 1.165) is 0 Å². The normalized spacial score (nSPS) is 11.6. The predicted octanol–water partition coefficient (Wildman–Crippen LogP) is 3.47. The third-order valence-electron chi connectivity index (χ3n) is 4.04. The minimum Gasteiger partial charge on any atom is -0.493 e. The summed E-state index contributed by atoms with van der Waals surface area (Å²) >= 11 is 12.2. The summed E-state index contributed by atoms with van der Waals surface area (Å²) in [6.07, 6.45) is 2.08. The Morgan fingerprint density at radius 2 is 1.75 bits per heavy atom. The molecule has 1 heterocycles. The highest BCUT2D eigenvalue weighted by molar-refractivity contribution is 6.36. The molecule has 0 aliphatic heterocycles. The number of nitrogens with zero attached hydrogens (tertiary/aromatic N) is 1. The van der Waals surface area contributed by atoms with Crippen LogP contribution in [0.1, 0.15) is 29.3 Å². The van der Waals surface area contributed by atoms with Crippen LogP contribution < -0.4 is 19.9 Å². The van der Waals surface area contributed by atoms with Crippen LogP contribution in [0.2, 0.25) is 10.0 Å². The number of benzene rings is 1. The number of ether oxygens (including phenoxy) is 3. The molecular formula is C19H20Cl2N2O5. The average molecular weight is 427 g/mol. The summed E-state index contributed by atoms with van der Waals surface area (Å²) < 4.78 is 16.4. The Bertz CT molecular complexity index is 869. The van der Waals surface area contributed by atoms with Crippen LogP contribution in [-0.4, -0.2) is 37.0 Å². The highest BCUT2D eigenvalue weighted by atomic mass is 35.5. The lowest BCUT2D eigenvalue weighted by Crippen LogP contribution is -2.33. The molecule has 7 nitrogen and oxygen atoms in total. The summed E-state index contributed by atoms with van der Waals surface area (Å²) in [7, 11) is 2.85. The Labute approximate surface area is 172 Å². The smallest absolute Gasteiger partial charge is 0.258 e. The van der Waals surface area contributed by atoms with Gasteiger partial charge < -0.3 is 19.9 Å². The molecular weight excluding hydrogens is 407 g/mol. The summed E-state index contributed by atoms with van der Waals surface area (Å²) in [5.74, 6) is -0.414. The van der Waals surface area contributed by atoms with E-state index in [9.17, 15) is 9.59 Å². The van der Waals surface area contributed by atoms with Gasteiger partial charge in [0.15, 0.2) is 23.4 Å². The number of ketones is 1. The average Bonchev–Trinajstić information content (AvgIpc) is 2.67. The minimum atomic E-state index is -0.944. The molecule has 1 atom stereocenters. The number of primary amides is 1. The van der Waals surface area contributed by atoms with Gasteiger partial charge in [-0.05, 0) is 18.6 Å². The van der Waals surface area contributed by atoms with Crippen molar-refractivity contribution in [2.45, 2.75) is 25.9 Å². The van der Waals surface area contributed by atoms with Gasteiger partial charge in [0.25, 0.3) is 5.91 Å². The highest BCUT2D eigenvalue weighted by Crippen LogP contribution is 2.41. The lowest BCUT2D eigenvalue weighted by Gasteiger charge is -2.20. The second kappa shape index (κ2) is 9.61. The van der Waals surface area contributed by atoms with E-state index in [1.54, 1.807) is 13.0 Å². The van der Waals surface area contributed by atoms with Crippen molar-refractivity contribution >= 4 is 34.9 Å². The molecule has 1 unspecified atom stereocenters. The van der Waals surface area contributed by atoms with Crippen LogP contribution in [0.15, 0.2) is 24.5 Å². The Morgan fingerprint density at radius 1 is 1.11 bits per heavy atom. The third kappa shape index (κ3) is 4.66. The number of Topliss-reactive ketones (excluding diaryl/α,β-unsaturated/α-hetero) is 1. The molecule has 28 heavy (non-hydrogen) atoms. The van der Waals surface area contributed by atoms with Crippen molar-refractivity contribution in [2.24, 2.45) is 5.73 Å². The van der Waals surface area contributed by atoms with Gasteiger partial charge in [0.2, 0.25) is 5.75 Å². The van der Waals surface area contributed by atoms with Crippen molar-refractivity contribution in [1.29, 1.82) is 0 Å². The SMILES string of the molecule is CCC(Oc1c(C(=O)Cc2c(Cl)cncc2Cl)ccc(OC)c1OC)C(N)=O. The van der Waals surface area contributed by atoms with Crippen molar-refractivity contribution < 1.29 is 23.8 Å². The number of aromatic nitrogens is 1. The molecule has 0 fully saturated rings. The monoisotopic (exact) mass is 426 g/mol. The Hall–Kier alpha value is -2.51. The van der Waals surface area contributed by atoms with E-state index in [4.69, 9.17) is 43.1 Å². The zero-order chi connectivity index (χ0) is 20.8.